The summed E-state index contributed by atoms with van der Waals surface area (Å²) in [6.45, 7) is 4.91. The molecule has 136 valence electrons. The van der Waals surface area contributed by atoms with Gasteiger partial charge in [0, 0.05) is 33.7 Å². The lowest BCUT2D eigenvalue weighted by molar-refractivity contribution is 0.307. The highest BCUT2D eigenvalue weighted by Crippen LogP contribution is 2.40. The second-order valence-electron chi connectivity index (χ2n) is 6.84. The van der Waals surface area contributed by atoms with Crippen molar-refractivity contribution in [2.45, 2.75) is 29.5 Å². The minimum Gasteiger partial charge on any atom is -0.312 e. The van der Waals surface area contributed by atoms with E-state index < -0.39 is 3.55 Å². The largest absolute Gasteiger partial charge is 0.312 e. The molecule has 1 heterocycles. The van der Waals surface area contributed by atoms with Crippen LogP contribution in [0.4, 0.5) is 0 Å². The van der Waals surface area contributed by atoms with Gasteiger partial charge < -0.3 is 11.1 Å². The molecule has 0 saturated carbocycles. The number of halogens is 3. The number of nitrogens with one attached hydrogen (secondary N) is 1. The lowest BCUT2D eigenvalue weighted by Crippen LogP contribution is -2.58. The highest BCUT2D eigenvalue weighted by atomic mass is 127. The van der Waals surface area contributed by atoms with E-state index in [-0.39, 0.29) is 5.54 Å². The molecular formula is C20H20Cl2IN3. The third-order valence-electron chi connectivity index (χ3n) is 4.65. The molecule has 3 aromatic rings. The smallest absolute Gasteiger partial charge is 0.112 e. The Morgan fingerprint density at radius 2 is 1.69 bits per heavy atom. The van der Waals surface area contributed by atoms with Crippen molar-refractivity contribution in [3.05, 3.63) is 75.9 Å². The van der Waals surface area contributed by atoms with E-state index >= 15 is 0 Å². The molecule has 3 rings (SSSR count). The number of fused-ring (bicyclic) bond motifs is 1. The zero-order valence-electron chi connectivity index (χ0n) is 14.6. The Kier molecular flexibility index (Phi) is 5.80. The molecule has 26 heavy (non-hydrogen) atoms. The molecule has 0 aliphatic rings. The lowest BCUT2D eigenvalue weighted by atomic mass is 9.87. The number of rotatable bonds is 5. The highest BCUT2D eigenvalue weighted by molar-refractivity contribution is 14.1. The van der Waals surface area contributed by atoms with E-state index in [1.807, 2.05) is 48.5 Å². The Morgan fingerprint density at radius 1 is 1.04 bits per heavy atom. The van der Waals surface area contributed by atoms with Gasteiger partial charge in [-0.1, -0.05) is 64.0 Å². The highest BCUT2D eigenvalue weighted by Gasteiger charge is 2.41. The normalized spacial score (nSPS) is 14.4. The molecule has 1 unspecified atom stereocenters. The van der Waals surface area contributed by atoms with Crippen molar-refractivity contribution in [1.29, 1.82) is 0 Å². The van der Waals surface area contributed by atoms with Crippen LogP contribution in [0.15, 0.2) is 54.7 Å². The lowest BCUT2D eigenvalue weighted by Gasteiger charge is -2.41. The first-order valence-electron chi connectivity index (χ1n) is 8.23. The van der Waals surface area contributed by atoms with Gasteiger partial charge in [0.1, 0.15) is 3.55 Å². The first kappa shape index (κ1) is 19.8. The van der Waals surface area contributed by atoms with Gasteiger partial charge in [-0.25, -0.2) is 0 Å². The average Bonchev–Trinajstić information content (AvgIpc) is 2.60. The van der Waals surface area contributed by atoms with Crippen molar-refractivity contribution < 1.29 is 0 Å². The summed E-state index contributed by atoms with van der Waals surface area (Å²) in [6, 6.07) is 15.5. The minimum atomic E-state index is -0.661. The van der Waals surface area contributed by atoms with Crippen LogP contribution >= 0.6 is 45.8 Å². The molecule has 3 nitrogen and oxygen atoms in total. The fourth-order valence-electron chi connectivity index (χ4n) is 2.83. The number of pyridine rings is 1. The van der Waals surface area contributed by atoms with Gasteiger partial charge in [-0.15, -0.1) is 0 Å². The van der Waals surface area contributed by atoms with Crippen LogP contribution in [0.5, 0.6) is 0 Å². The maximum Gasteiger partial charge on any atom is 0.112 e. The molecule has 1 aromatic heterocycles. The summed E-state index contributed by atoms with van der Waals surface area (Å²) in [5.41, 5.74) is 9.48. The van der Waals surface area contributed by atoms with Gasteiger partial charge in [0.2, 0.25) is 0 Å². The van der Waals surface area contributed by atoms with Crippen LogP contribution < -0.4 is 11.1 Å². The Hall–Kier alpha value is -0.920. The van der Waals surface area contributed by atoms with Crippen molar-refractivity contribution in [2.24, 2.45) is 5.73 Å². The second kappa shape index (κ2) is 7.60. The minimum absolute atomic E-state index is 0.388. The van der Waals surface area contributed by atoms with Crippen LogP contribution in [0.1, 0.15) is 25.0 Å². The van der Waals surface area contributed by atoms with Crippen LogP contribution in [0.2, 0.25) is 10.0 Å². The molecule has 3 N–H and O–H groups in total. The summed E-state index contributed by atoms with van der Waals surface area (Å²) in [7, 11) is 0. The van der Waals surface area contributed by atoms with Crippen LogP contribution in [0.25, 0.3) is 10.9 Å². The van der Waals surface area contributed by atoms with Gasteiger partial charge in [0.15, 0.2) is 0 Å². The fraction of sp³-hybridized carbons (Fsp3) is 0.250. The number of nitrogens with zero attached hydrogens (tertiary/aromatic N) is 1. The third kappa shape index (κ3) is 3.99. The van der Waals surface area contributed by atoms with E-state index in [0.29, 0.717) is 11.6 Å². The molecule has 0 spiro atoms. The quantitative estimate of drug-likeness (QED) is 0.270. The summed E-state index contributed by atoms with van der Waals surface area (Å²) >= 11 is 14.4. The monoisotopic (exact) mass is 499 g/mol. The third-order valence-corrected chi connectivity index (χ3v) is 7.07. The fourth-order valence-corrected chi connectivity index (χ4v) is 3.78. The molecule has 6 heteroatoms. The summed E-state index contributed by atoms with van der Waals surface area (Å²) < 4.78 is -0.661. The summed E-state index contributed by atoms with van der Waals surface area (Å²) in [6.07, 6.45) is 1.78. The first-order chi connectivity index (χ1) is 12.2. The van der Waals surface area contributed by atoms with Crippen molar-refractivity contribution in [3.63, 3.8) is 0 Å². The molecular weight excluding hydrogens is 480 g/mol. The van der Waals surface area contributed by atoms with Crippen molar-refractivity contribution in [1.82, 2.24) is 10.3 Å². The Balaban J connectivity index is 1.91. The van der Waals surface area contributed by atoms with E-state index in [1.165, 1.54) is 0 Å². The van der Waals surface area contributed by atoms with Gasteiger partial charge in [-0.2, -0.15) is 0 Å². The topological polar surface area (TPSA) is 50.9 Å². The summed E-state index contributed by atoms with van der Waals surface area (Å²) in [4.78, 5) is 4.42. The Bertz CT molecular complexity index is 924. The van der Waals surface area contributed by atoms with Crippen LogP contribution in [-0.4, -0.2) is 10.5 Å². The number of hydrogen-bond donors (Lipinski definition) is 2. The van der Waals surface area contributed by atoms with E-state index in [9.17, 15) is 0 Å². The molecule has 1 atom stereocenters. The van der Waals surface area contributed by atoms with Gasteiger partial charge in [-0.3, -0.25) is 4.98 Å². The molecule has 2 aromatic carbocycles. The molecule has 0 amide bonds. The van der Waals surface area contributed by atoms with Crippen molar-refractivity contribution in [2.75, 3.05) is 0 Å². The number of aromatic nitrogens is 1. The molecule has 0 saturated heterocycles. The number of benzene rings is 2. The second-order valence-corrected chi connectivity index (χ2v) is 9.41. The summed E-state index contributed by atoms with van der Waals surface area (Å²) in [5.74, 6) is 0. The Labute approximate surface area is 177 Å². The molecule has 0 aliphatic carbocycles. The Morgan fingerprint density at radius 3 is 2.38 bits per heavy atom. The van der Waals surface area contributed by atoms with Crippen LogP contribution in [0.3, 0.4) is 0 Å². The van der Waals surface area contributed by atoms with Gasteiger partial charge in [0.25, 0.3) is 0 Å². The van der Waals surface area contributed by atoms with Crippen molar-refractivity contribution in [3.8, 4) is 0 Å². The maximum absolute atomic E-state index is 6.85. The zero-order chi connectivity index (χ0) is 18.9. The van der Waals surface area contributed by atoms with E-state index in [2.05, 4.69) is 46.7 Å². The molecule has 0 fully saturated rings. The van der Waals surface area contributed by atoms with Gasteiger partial charge in [0.05, 0.1) is 5.52 Å². The number of hydrogen-bond acceptors (Lipinski definition) is 3. The van der Waals surface area contributed by atoms with E-state index in [1.54, 1.807) is 6.20 Å². The predicted octanol–water partition coefficient (Wildman–Crippen LogP) is 5.66. The summed E-state index contributed by atoms with van der Waals surface area (Å²) in [5, 5.41) is 6.00. The SMILES string of the molecule is CC(C)(NCc1ccc(Cl)cc1)C(N)(I)c1ccnc2cc(Cl)ccc12. The van der Waals surface area contributed by atoms with E-state index in [4.69, 9.17) is 28.9 Å². The van der Waals surface area contributed by atoms with Gasteiger partial charge in [-0.05, 0) is 55.3 Å². The predicted molar refractivity (Wildman–Crippen MR) is 119 cm³/mol. The molecule has 0 aliphatic heterocycles. The van der Waals surface area contributed by atoms with Gasteiger partial charge >= 0.3 is 0 Å². The van der Waals surface area contributed by atoms with Crippen LogP contribution in [-0.2, 0) is 10.1 Å². The average molecular weight is 500 g/mol. The number of alkyl halides is 1. The van der Waals surface area contributed by atoms with Crippen molar-refractivity contribution >= 4 is 56.7 Å². The van der Waals surface area contributed by atoms with E-state index in [0.717, 1.165) is 27.1 Å². The molecule has 0 radical (unpaired) electrons. The molecule has 0 bridgehead atoms. The zero-order valence-corrected chi connectivity index (χ0v) is 18.2. The first-order valence-corrected chi connectivity index (χ1v) is 10.1. The van der Waals surface area contributed by atoms with Crippen LogP contribution in [0, 0.1) is 0 Å². The standard InChI is InChI=1S/C20H20Cl2IN3/c1-19(2,26-12-13-3-5-14(21)6-4-13)20(23,24)17-9-10-25-18-11-15(22)7-8-16(17)18/h3-11,26H,12,24H2,1-2H3. The maximum atomic E-state index is 6.85. The number of nitrogens with two attached hydrogens (primary N) is 1.